The van der Waals surface area contributed by atoms with Crippen molar-refractivity contribution >= 4 is 6.08 Å². The average molecular weight is 214 g/mol. The summed E-state index contributed by atoms with van der Waals surface area (Å²) in [6, 6.07) is 7.55. The molecule has 0 amide bonds. The van der Waals surface area contributed by atoms with Crippen LogP contribution in [0.4, 0.5) is 0 Å². The van der Waals surface area contributed by atoms with Crippen molar-refractivity contribution in [3.63, 3.8) is 0 Å². The molecule has 5 nitrogen and oxygen atoms in total. The number of hydrogen-bond acceptors (Lipinski definition) is 4. The first-order valence-corrected chi connectivity index (χ1v) is 4.81. The Hall–Kier alpha value is -2.26. The van der Waals surface area contributed by atoms with Crippen molar-refractivity contribution < 1.29 is 4.79 Å². The van der Waals surface area contributed by atoms with E-state index in [1.165, 1.54) is 6.08 Å². The first kappa shape index (κ1) is 10.3. The maximum Gasteiger partial charge on any atom is 0.235 e. The van der Waals surface area contributed by atoms with Gasteiger partial charge < -0.3 is 0 Å². The highest BCUT2D eigenvalue weighted by molar-refractivity contribution is 5.37. The van der Waals surface area contributed by atoms with Crippen molar-refractivity contribution in [2.45, 2.75) is 13.5 Å². The third kappa shape index (κ3) is 2.21. The molecule has 16 heavy (non-hydrogen) atoms. The molecule has 0 atom stereocenters. The number of isocyanates is 1. The van der Waals surface area contributed by atoms with E-state index in [4.69, 9.17) is 0 Å². The summed E-state index contributed by atoms with van der Waals surface area (Å²) in [5, 5.41) is 8.30. The highest BCUT2D eigenvalue weighted by atomic mass is 16.1. The fourth-order valence-corrected chi connectivity index (χ4v) is 1.37. The molecule has 0 spiro atoms. The van der Waals surface area contributed by atoms with Crippen LogP contribution >= 0.6 is 0 Å². The van der Waals surface area contributed by atoms with Gasteiger partial charge in [0.25, 0.3) is 0 Å². The summed E-state index contributed by atoms with van der Waals surface area (Å²) in [5.74, 6) is 0. The number of benzene rings is 1. The van der Waals surface area contributed by atoms with Gasteiger partial charge in [-0.15, -0.1) is 0 Å². The fourth-order valence-electron chi connectivity index (χ4n) is 1.37. The molecule has 0 saturated carbocycles. The number of nitrogens with zero attached hydrogens (tertiary/aromatic N) is 4. The molecule has 1 heterocycles. The molecular weight excluding hydrogens is 204 g/mol. The van der Waals surface area contributed by atoms with Crippen molar-refractivity contribution in [3.05, 3.63) is 41.7 Å². The standard InChI is InChI=1S/C11H10N4O/c1-9-6-13-15(14-9)11-4-2-3-10(5-11)7-12-8-16/h2-6H,7H2,1H3. The van der Waals surface area contributed by atoms with E-state index >= 15 is 0 Å². The Morgan fingerprint density at radius 3 is 3.06 bits per heavy atom. The summed E-state index contributed by atoms with van der Waals surface area (Å²) in [6.07, 6.45) is 3.21. The SMILES string of the molecule is Cc1cnn(-c2cccc(CN=C=O)c2)n1. The molecule has 0 saturated heterocycles. The molecule has 0 aliphatic heterocycles. The topological polar surface area (TPSA) is 60.1 Å². The molecule has 80 valence electrons. The molecule has 0 fully saturated rings. The van der Waals surface area contributed by atoms with Crippen LogP contribution in [0.1, 0.15) is 11.3 Å². The molecule has 0 bridgehead atoms. The normalized spacial score (nSPS) is 9.81. The first-order chi connectivity index (χ1) is 7.79. The third-order valence-electron chi connectivity index (χ3n) is 2.07. The summed E-state index contributed by atoms with van der Waals surface area (Å²) in [7, 11) is 0. The quantitative estimate of drug-likeness (QED) is 0.573. The fraction of sp³-hybridized carbons (Fsp3) is 0.182. The van der Waals surface area contributed by atoms with Gasteiger partial charge in [-0.25, -0.2) is 9.79 Å². The van der Waals surface area contributed by atoms with Crippen LogP contribution < -0.4 is 0 Å². The summed E-state index contributed by atoms with van der Waals surface area (Å²) in [4.78, 5) is 15.1. The highest BCUT2D eigenvalue weighted by Gasteiger charge is 2.00. The second-order valence-electron chi connectivity index (χ2n) is 3.35. The largest absolute Gasteiger partial charge is 0.235 e. The zero-order valence-corrected chi connectivity index (χ0v) is 8.79. The molecule has 2 aromatic rings. The van der Waals surface area contributed by atoms with Crippen molar-refractivity contribution in [3.8, 4) is 5.69 Å². The van der Waals surface area contributed by atoms with E-state index in [9.17, 15) is 4.79 Å². The minimum Gasteiger partial charge on any atom is -0.211 e. The molecule has 0 unspecified atom stereocenters. The molecule has 1 aromatic heterocycles. The Morgan fingerprint density at radius 1 is 1.50 bits per heavy atom. The Balaban J connectivity index is 2.31. The molecule has 5 heteroatoms. The van der Waals surface area contributed by atoms with Gasteiger partial charge in [0.05, 0.1) is 24.1 Å². The molecule has 0 N–H and O–H groups in total. The number of aromatic nitrogens is 3. The second-order valence-corrected chi connectivity index (χ2v) is 3.35. The van der Waals surface area contributed by atoms with Gasteiger partial charge in [0.15, 0.2) is 0 Å². The molecule has 0 aliphatic rings. The second kappa shape index (κ2) is 4.51. The van der Waals surface area contributed by atoms with Gasteiger partial charge in [-0.05, 0) is 24.6 Å². The van der Waals surface area contributed by atoms with Gasteiger partial charge in [0, 0.05) is 0 Å². The molecule has 0 aliphatic carbocycles. The van der Waals surface area contributed by atoms with E-state index in [0.29, 0.717) is 6.54 Å². The lowest BCUT2D eigenvalue weighted by Gasteiger charge is -2.01. The molecule has 1 aromatic carbocycles. The number of hydrogen-bond donors (Lipinski definition) is 0. The van der Waals surface area contributed by atoms with Crippen LogP contribution in [0, 0.1) is 6.92 Å². The van der Waals surface area contributed by atoms with Crippen molar-refractivity contribution in [1.29, 1.82) is 0 Å². The molecule has 0 radical (unpaired) electrons. The summed E-state index contributed by atoms with van der Waals surface area (Å²) in [6.45, 7) is 2.21. The molecule has 2 rings (SSSR count). The van der Waals surface area contributed by atoms with Crippen LogP contribution in [0.5, 0.6) is 0 Å². The van der Waals surface area contributed by atoms with Crippen molar-refractivity contribution in [2.24, 2.45) is 4.99 Å². The van der Waals surface area contributed by atoms with Crippen LogP contribution in [-0.4, -0.2) is 21.1 Å². The van der Waals surface area contributed by atoms with Gasteiger partial charge in [0.2, 0.25) is 6.08 Å². The van der Waals surface area contributed by atoms with Crippen LogP contribution in [0.25, 0.3) is 5.69 Å². The Kier molecular flexibility index (Phi) is 2.89. The lowest BCUT2D eigenvalue weighted by Crippen LogP contribution is -1.99. The minimum atomic E-state index is 0.331. The zero-order valence-electron chi connectivity index (χ0n) is 8.79. The predicted molar refractivity (Wildman–Crippen MR) is 57.9 cm³/mol. The lowest BCUT2D eigenvalue weighted by atomic mass is 10.2. The summed E-state index contributed by atoms with van der Waals surface area (Å²) >= 11 is 0. The maximum atomic E-state index is 10.0. The Labute approximate surface area is 92.4 Å². The number of carbonyl (C=O) groups excluding carboxylic acids is 1. The van der Waals surface area contributed by atoms with E-state index in [1.807, 2.05) is 31.2 Å². The zero-order chi connectivity index (χ0) is 11.4. The van der Waals surface area contributed by atoms with Gasteiger partial charge in [-0.2, -0.15) is 15.0 Å². The summed E-state index contributed by atoms with van der Waals surface area (Å²) in [5.41, 5.74) is 2.64. The third-order valence-corrected chi connectivity index (χ3v) is 2.07. The van der Waals surface area contributed by atoms with Crippen LogP contribution in [-0.2, 0) is 11.3 Å². The van der Waals surface area contributed by atoms with Gasteiger partial charge in [-0.1, -0.05) is 12.1 Å². The van der Waals surface area contributed by atoms with Crippen molar-refractivity contribution in [2.75, 3.05) is 0 Å². The smallest absolute Gasteiger partial charge is 0.211 e. The minimum absolute atomic E-state index is 0.331. The Morgan fingerprint density at radius 2 is 2.38 bits per heavy atom. The highest BCUT2D eigenvalue weighted by Crippen LogP contribution is 2.09. The Bertz CT molecular complexity index is 540. The van der Waals surface area contributed by atoms with E-state index in [0.717, 1.165) is 16.9 Å². The lowest BCUT2D eigenvalue weighted by molar-refractivity contribution is 0.563. The molecular formula is C11H10N4O. The number of rotatable bonds is 3. The van der Waals surface area contributed by atoms with E-state index in [2.05, 4.69) is 15.2 Å². The maximum absolute atomic E-state index is 10.0. The van der Waals surface area contributed by atoms with Crippen LogP contribution in [0.2, 0.25) is 0 Å². The van der Waals surface area contributed by atoms with E-state index < -0.39 is 0 Å². The number of aryl methyl sites for hydroxylation is 1. The number of aliphatic imine (C=N–C) groups is 1. The summed E-state index contributed by atoms with van der Waals surface area (Å²) < 4.78 is 0. The van der Waals surface area contributed by atoms with Gasteiger partial charge in [0.1, 0.15) is 0 Å². The first-order valence-electron chi connectivity index (χ1n) is 4.81. The van der Waals surface area contributed by atoms with Crippen LogP contribution in [0.15, 0.2) is 35.5 Å². The van der Waals surface area contributed by atoms with Gasteiger partial charge in [-0.3, -0.25) is 0 Å². The monoisotopic (exact) mass is 214 g/mol. The van der Waals surface area contributed by atoms with Gasteiger partial charge >= 0.3 is 0 Å². The van der Waals surface area contributed by atoms with Crippen molar-refractivity contribution in [1.82, 2.24) is 15.0 Å². The van der Waals surface area contributed by atoms with E-state index in [-0.39, 0.29) is 0 Å². The van der Waals surface area contributed by atoms with Crippen LogP contribution in [0.3, 0.4) is 0 Å². The predicted octanol–water partition coefficient (Wildman–Crippen LogP) is 1.41. The average Bonchev–Trinajstić information content (AvgIpc) is 2.74. The van der Waals surface area contributed by atoms with E-state index in [1.54, 1.807) is 11.0 Å².